The lowest BCUT2D eigenvalue weighted by Crippen LogP contribution is -2.30. The van der Waals surface area contributed by atoms with Gasteiger partial charge in [0.05, 0.1) is 12.4 Å². The van der Waals surface area contributed by atoms with Gasteiger partial charge in [0.25, 0.3) is 0 Å². The Morgan fingerprint density at radius 3 is 2.75 bits per heavy atom. The molecule has 0 unspecified atom stereocenters. The lowest BCUT2D eigenvalue weighted by molar-refractivity contribution is 0.205. The van der Waals surface area contributed by atoms with Crippen LogP contribution >= 0.6 is 11.5 Å². The minimum atomic E-state index is -3.36. The third-order valence-corrected chi connectivity index (χ3v) is 6.22. The van der Waals surface area contributed by atoms with E-state index >= 15 is 0 Å². The Morgan fingerprint density at radius 1 is 1.50 bits per heavy atom. The monoisotopic (exact) mass is 319 g/mol. The summed E-state index contributed by atoms with van der Waals surface area (Å²) in [5, 5.41) is 0.676. The zero-order valence-corrected chi connectivity index (χ0v) is 13.5. The number of nitrogens with zero attached hydrogens (tertiary/aromatic N) is 2. The van der Waals surface area contributed by atoms with Crippen molar-refractivity contribution in [3.8, 4) is 0 Å². The number of sulfone groups is 1. The fourth-order valence-corrected chi connectivity index (χ4v) is 5.01. The molecule has 1 aliphatic carbocycles. The summed E-state index contributed by atoms with van der Waals surface area (Å²) in [5.74, 6) is 0.229. The molecule has 20 heavy (non-hydrogen) atoms. The van der Waals surface area contributed by atoms with Crippen molar-refractivity contribution in [1.29, 1.82) is 0 Å². The minimum absolute atomic E-state index is 0.103. The quantitative estimate of drug-likeness (QED) is 0.782. The predicted molar refractivity (Wildman–Crippen MR) is 81.1 cm³/mol. The van der Waals surface area contributed by atoms with Gasteiger partial charge in [-0.2, -0.15) is 4.37 Å². The predicted octanol–water partition coefficient (Wildman–Crippen LogP) is 1.52. The van der Waals surface area contributed by atoms with E-state index in [1.807, 2.05) is 6.92 Å². The fraction of sp³-hybridized carbons (Fsp3) is 0.750. The third-order valence-electron chi connectivity index (χ3n) is 3.23. The second-order valence-electron chi connectivity index (χ2n) is 4.94. The average Bonchev–Trinajstić information content (AvgIpc) is 3.13. The van der Waals surface area contributed by atoms with Crippen LogP contribution in [0.3, 0.4) is 0 Å². The number of ether oxygens (including phenoxy) is 1. The first-order valence-corrected chi connectivity index (χ1v) is 9.17. The molecule has 0 radical (unpaired) electrons. The largest absolute Gasteiger partial charge is 0.383 e. The molecule has 0 amide bonds. The van der Waals surface area contributed by atoms with E-state index in [-0.39, 0.29) is 16.5 Å². The highest BCUT2D eigenvalue weighted by molar-refractivity contribution is 7.91. The van der Waals surface area contributed by atoms with E-state index in [9.17, 15) is 8.42 Å². The van der Waals surface area contributed by atoms with Gasteiger partial charge < -0.3 is 15.4 Å². The molecular formula is C12H21N3O3S2. The van der Waals surface area contributed by atoms with Crippen molar-refractivity contribution in [3.05, 3.63) is 0 Å². The first-order chi connectivity index (χ1) is 9.51. The standard InChI is InChI=1S/C12H21N3O3S2/c1-3-8-20(16,17)10-11(13)14-19-12(10)15(6-7-18-2)9-4-5-9/h9H,3-8H2,1-2H3,(H2,13,14). The number of hydrogen-bond acceptors (Lipinski definition) is 7. The zero-order valence-electron chi connectivity index (χ0n) is 11.8. The number of nitrogen functional groups attached to an aromatic ring is 1. The van der Waals surface area contributed by atoms with Gasteiger partial charge in [0.15, 0.2) is 15.7 Å². The van der Waals surface area contributed by atoms with Gasteiger partial charge in [-0.25, -0.2) is 8.42 Å². The summed E-state index contributed by atoms with van der Waals surface area (Å²) in [6, 6.07) is 0.389. The summed E-state index contributed by atoms with van der Waals surface area (Å²) in [7, 11) is -1.72. The van der Waals surface area contributed by atoms with Crippen molar-refractivity contribution >= 4 is 32.2 Å². The number of rotatable bonds is 8. The summed E-state index contributed by atoms with van der Waals surface area (Å²) in [6.45, 7) is 3.07. The molecule has 0 aliphatic heterocycles. The molecule has 1 aromatic heterocycles. The van der Waals surface area contributed by atoms with E-state index in [4.69, 9.17) is 10.5 Å². The maximum absolute atomic E-state index is 12.4. The van der Waals surface area contributed by atoms with Crippen molar-refractivity contribution < 1.29 is 13.2 Å². The van der Waals surface area contributed by atoms with Crippen molar-refractivity contribution in [2.24, 2.45) is 0 Å². The van der Waals surface area contributed by atoms with Crippen molar-refractivity contribution in [1.82, 2.24) is 4.37 Å². The van der Waals surface area contributed by atoms with Crippen LogP contribution in [0, 0.1) is 0 Å². The summed E-state index contributed by atoms with van der Waals surface area (Å²) >= 11 is 1.17. The van der Waals surface area contributed by atoms with Crippen molar-refractivity contribution in [2.45, 2.75) is 37.1 Å². The van der Waals surface area contributed by atoms with E-state index in [0.29, 0.717) is 30.6 Å². The summed E-state index contributed by atoms with van der Waals surface area (Å²) in [4.78, 5) is 2.30. The van der Waals surface area contributed by atoms with Crippen molar-refractivity contribution in [3.63, 3.8) is 0 Å². The van der Waals surface area contributed by atoms with Crippen LogP contribution in [0.5, 0.6) is 0 Å². The highest BCUT2D eigenvalue weighted by atomic mass is 32.2. The van der Waals surface area contributed by atoms with Crippen molar-refractivity contribution in [2.75, 3.05) is 36.6 Å². The van der Waals surface area contributed by atoms with Crippen LogP contribution in [0.4, 0.5) is 10.8 Å². The Balaban J connectivity index is 2.36. The lowest BCUT2D eigenvalue weighted by atomic mass is 10.4. The molecule has 114 valence electrons. The summed E-state index contributed by atoms with van der Waals surface area (Å²) in [5.41, 5.74) is 5.81. The highest BCUT2D eigenvalue weighted by Gasteiger charge is 2.35. The van der Waals surface area contributed by atoms with Gasteiger partial charge in [-0.15, -0.1) is 0 Å². The number of hydrogen-bond donors (Lipinski definition) is 1. The number of anilines is 2. The number of aromatic nitrogens is 1. The van der Waals surface area contributed by atoms with Crippen LogP contribution in [0.15, 0.2) is 4.90 Å². The van der Waals surface area contributed by atoms with Gasteiger partial charge >= 0.3 is 0 Å². The molecule has 1 fully saturated rings. The van der Waals surface area contributed by atoms with Gasteiger partial charge in [-0.05, 0) is 30.8 Å². The SMILES string of the molecule is CCCS(=O)(=O)c1c(N)nsc1N(CCOC)C1CC1. The molecule has 8 heteroatoms. The van der Waals surface area contributed by atoms with Gasteiger partial charge in [-0.3, -0.25) is 0 Å². The van der Waals surface area contributed by atoms with E-state index in [1.54, 1.807) is 7.11 Å². The van der Waals surface area contributed by atoms with E-state index in [2.05, 4.69) is 9.27 Å². The molecule has 0 spiro atoms. The van der Waals surface area contributed by atoms with Crippen LogP contribution in [0.1, 0.15) is 26.2 Å². The summed E-state index contributed by atoms with van der Waals surface area (Å²) in [6.07, 6.45) is 2.72. The topological polar surface area (TPSA) is 85.5 Å². The Hall–Kier alpha value is -0.860. The number of methoxy groups -OCH3 is 1. The molecule has 2 N–H and O–H groups in total. The lowest BCUT2D eigenvalue weighted by Gasteiger charge is -2.23. The maximum atomic E-state index is 12.4. The third kappa shape index (κ3) is 3.24. The molecule has 2 rings (SSSR count). The van der Waals surface area contributed by atoms with Crippen LogP contribution in [0.2, 0.25) is 0 Å². The van der Waals surface area contributed by atoms with Crippen LogP contribution in [0.25, 0.3) is 0 Å². The van der Waals surface area contributed by atoms with Gasteiger partial charge in [0.1, 0.15) is 9.90 Å². The van der Waals surface area contributed by atoms with Crippen LogP contribution < -0.4 is 10.6 Å². The Labute approximate surface area is 124 Å². The fourth-order valence-electron chi connectivity index (χ4n) is 2.16. The van der Waals surface area contributed by atoms with Crippen LogP contribution in [-0.2, 0) is 14.6 Å². The molecular weight excluding hydrogens is 298 g/mol. The molecule has 0 bridgehead atoms. The van der Waals surface area contributed by atoms with Crippen LogP contribution in [-0.4, -0.2) is 44.8 Å². The second-order valence-corrected chi connectivity index (χ2v) is 7.74. The molecule has 1 heterocycles. The first kappa shape index (κ1) is 15.5. The Morgan fingerprint density at radius 2 is 2.20 bits per heavy atom. The first-order valence-electron chi connectivity index (χ1n) is 6.74. The zero-order chi connectivity index (χ0) is 14.8. The second kappa shape index (κ2) is 6.28. The van der Waals surface area contributed by atoms with Gasteiger partial charge in [0, 0.05) is 19.7 Å². The average molecular weight is 319 g/mol. The Kier molecular flexibility index (Phi) is 4.87. The normalized spacial score (nSPS) is 15.5. The maximum Gasteiger partial charge on any atom is 0.185 e. The van der Waals surface area contributed by atoms with E-state index in [1.165, 1.54) is 11.5 Å². The number of nitrogens with two attached hydrogens (primary N) is 1. The molecule has 0 atom stereocenters. The smallest absolute Gasteiger partial charge is 0.185 e. The van der Waals surface area contributed by atoms with E-state index < -0.39 is 9.84 Å². The molecule has 0 saturated heterocycles. The molecule has 1 saturated carbocycles. The molecule has 1 aliphatic rings. The minimum Gasteiger partial charge on any atom is -0.383 e. The van der Waals surface area contributed by atoms with Gasteiger partial charge in [-0.1, -0.05) is 6.92 Å². The van der Waals surface area contributed by atoms with E-state index in [0.717, 1.165) is 12.8 Å². The Bertz CT molecular complexity index is 552. The highest BCUT2D eigenvalue weighted by Crippen LogP contribution is 2.40. The van der Waals surface area contributed by atoms with Gasteiger partial charge in [0.2, 0.25) is 0 Å². The molecule has 0 aromatic carbocycles. The summed E-state index contributed by atoms with van der Waals surface area (Å²) < 4.78 is 33.9. The molecule has 1 aromatic rings. The molecule has 6 nitrogen and oxygen atoms in total.